The van der Waals surface area contributed by atoms with E-state index in [9.17, 15) is 4.79 Å². The summed E-state index contributed by atoms with van der Waals surface area (Å²) in [5.74, 6) is 0.886. The Morgan fingerprint density at radius 1 is 0.839 bits per heavy atom. The van der Waals surface area contributed by atoms with Gasteiger partial charge < -0.3 is 14.4 Å². The minimum Gasteiger partial charge on any atom is -0.497 e. The van der Waals surface area contributed by atoms with Crippen LogP contribution in [0.5, 0.6) is 11.5 Å². The van der Waals surface area contributed by atoms with Gasteiger partial charge in [-0.25, -0.2) is 4.79 Å². The predicted octanol–water partition coefficient (Wildman–Crippen LogP) is 5.72. The van der Waals surface area contributed by atoms with Crippen molar-refractivity contribution >= 4 is 22.4 Å². The van der Waals surface area contributed by atoms with Crippen molar-refractivity contribution in [3.05, 3.63) is 102 Å². The summed E-state index contributed by atoms with van der Waals surface area (Å²) < 4.78 is 11.1. The highest BCUT2D eigenvalue weighted by atomic mass is 16.5. The van der Waals surface area contributed by atoms with Gasteiger partial charge in [0.15, 0.2) is 0 Å². The Morgan fingerprint density at radius 2 is 1.55 bits per heavy atom. The van der Waals surface area contributed by atoms with Crippen LogP contribution in [0, 0.1) is 0 Å². The normalized spacial score (nSPS) is 10.7. The molecule has 0 bridgehead atoms. The molecular weight excluding hydrogens is 386 g/mol. The van der Waals surface area contributed by atoms with Crippen LogP contribution in [0.15, 0.2) is 84.9 Å². The molecule has 0 aliphatic heterocycles. The fourth-order valence-corrected chi connectivity index (χ4v) is 3.77. The zero-order chi connectivity index (χ0) is 21.8. The van der Waals surface area contributed by atoms with Crippen LogP contribution in [-0.4, -0.2) is 27.2 Å². The highest BCUT2D eigenvalue weighted by Gasteiger charge is 2.16. The van der Waals surface area contributed by atoms with E-state index in [4.69, 9.17) is 9.47 Å². The van der Waals surface area contributed by atoms with Crippen LogP contribution >= 0.6 is 0 Å². The number of hydrogen-bond donors (Lipinski definition) is 0. The first kappa shape index (κ1) is 20.5. The third kappa shape index (κ3) is 4.38. The van der Waals surface area contributed by atoms with E-state index in [1.54, 1.807) is 31.4 Å². The monoisotopic (exact) mass is 411 g/mol. The van der Waals surface area contributed by atoms with E-state index in [1.807, 2.05) is 50.5 Å². The molecule has 4 aromatic carbocycles. The minimum atomic E-state index is -0.389. The molecule has 0 spiro atoms. The quantitative estimate of drug-likeness (QED) is 0.300. The van der Waals surface area contributed by atoms with Crippen molar-refractivity contribution in [1.29, 1.82) is 0 Å². The lowest BCUT2D eigenvalue weighted by Crippen LogP contribution is -2.13. The minimum absolute atomic E-state index is 0.389. The van der Waals surface area contributed by atoms with Gasteiger partial charge in [0.05, 0.1) is 12.7 Å². The number of nitrogens with zero attached hydrogens (tertiary/aromatic N) is 1. The van der Waals surface area contributed by atoms with Crippen LogP contribution in [0.3, 0.4) is 0 Å². The molecule has 0 aromatic heterocycles. The second-order valence-electron chi connectivity index (χ2n) is 7.58. The molecule has 0 atom stereocenters. The van der Waals surface area contributed by atoms with Gasteiger partial charge >= 0.3 is 5.97 Å². The number of methoxy groups -OCH3 is 1. The SMILES string of the molecule is COc1ccc(C(=O)Oc2ccc3ccccc3c2Cc2ccccc2N(C)C)cc1. The summed E-state index contributed by atoms with van der Waals surface area (Å²) in [6.07, 6.45) is 0.654. The molecule has 31 heavy (non-hydrogen) atoms. The van der Waals surface area contributed by atoms with Crippen LogP contribution in [0.1, 0.15) is 21.5 Å². The average molecular weight is 412 g/mol. The van der Waals surface area contributed by atoms with Crippen LogP contribution in [0.2, 0.25) is 0 Å². The molecular formula is C27H25NO3. The molecule has 0 N–H and O–H groups in total. The van der Waals surface area contributed by atoms with Gasteiger partial charge in [0.1, 0.15) is 11.5 Å². The lowest BCUT2D eigenvalue weighted by atomic mass is 9.96. The van der Waals surface area contributed by atoms with Crippen molar-refractivity contribution in [1.82, 2.24) is 0 Å². The molecule has 0 fully saturated rings. The number of ether oxygens (including phenoxy) is 2. The Balaban J connectivity index is 1.74. The van der Waals surface area contributed by atoms with Gasteiger partial charge in [-0.05, 0) is 52.7 Å². The van der Waals surface area contributed by atoms with Crippen molar-refractivity contribution in [2.24, 2.45) is 0 Å². The third-order valence-electron chi connectivity index (χ3n) is 5.37. The molecule has 0 unspecified atom stereocenters. The fraction of sp³-hybridized carbons (Fsp3) is 0.148. The Kier molecular flexibility index (Phi) is 5.89. The van der Waals surface area contributed by atoms with Crippen molar-refractivity contribution in [3.8, 4) is 11.5 Å². The van der Waals surface area contributed by atoms with Gasteiger partial charge in [-0.1, -0.05) is 48.5 Å². The third-order valence-corrected chi connectivity index (χ3v) is 5.37. The van der Waals surface area contributed by atoms with E-state index in [0.717, 1.165) is 22.0 Å². The fourth-order valence-electron chi connectivity index (χ4n) is 3.77. The molecule has 0 aliphatic carbocycles. The maximum Gasteiger partial charge on any atom is 0.343 e. The standard InChI is InChI=1S/C27H25NO3/c1-28(2)25-11-7-5-9-21(25)18-24-23-10-6-4-8-19(23)14-17-26(24)31-27(29)20-12-15-22(30-3)16-13-20/h4-17H,18H2,1-3H3. The van der Waals surface area contributed by atoms with Crippen molar-refractivity contribution in [2.75, 3.05) is 26.1 Å². The number of anilines is 1. The van der Waals surface area contributed by atoms with Crippen molar-refractivity contribution in [3.63, 3.8) is 0 Å². The number of hydrogen-bond acceptors (Lipinski definition) is 4. The molecule has 4 rings (SSSR count). The number of esters is 1. The Morgan fingerprint density at radius 3 is 2.29 bits per heavy atom. The first-order valence-corrected chi connectivity index (χ1v) is 10.2. The lowest BCUT2D eigenvalue weighted by Gasteiger charge is -2.19. The number of carbonyl (C=O) groups is 1. The predicted molar refractivity (Wildman–Crippen MR) is 125 cm³/mol. The van der Waals surface area contributed by atoms with E-state index in [2.05, 4.69) is 29.2 Å². The molecule has 4 aromatic rings. The number of fused-ring (bicyclic) bond motifs is 1. The summed E-state index contributed by atoms with van der Waals surface area (Å²) in [4.78, 5) is 15.0. The first-order chi connectivity index (χ1) is 15.1. The Hall–Kier alpha value is -3.79. The topological polar surface area (TPSA) is 38.8 Å². The second-order valence-corrected chi connectivity index (χ2v) is 7.58. The number of rotatable bonds is 6. The van der Waals surface area contributed by atoms with Gasteiger partial charge in [-0.2, -0.15) is 0 Å². The lowest BCUT2D eigenvalue weighted by molar-refractivity contribution is 0.0733. The highest BCUT2D eigenvalue weighted by molar-refractivity contribution is 5.93. The largest absolute Gasteiger partial charge is 0.497 e. The summed E-state index contributed by atoms with van der Waals surface area (Å²) in [6.45, 7) is 0. The van der Waals surface area contributed by atoms with Gasteiger partial charge in [-0.3, -0.25) is 0 Å². The van der Waals surface area contributed by atoms with Crippen LogP contribution in [0.25, 0.3) is 10.8 Å². The molecule has 0 aliphatic rings. The molecule has 0 heterocycles. The van der Waals surface area contributed by atoms with Gasteiger partial charge in [0.2, 0.25) is 0 Å². The van der Waals surface area contributed by atoms with Crippen molar-refractivity contribution in [2.45, 2.75) is 6.42 Å². The molecule has 0 amide bonds. The smallest absolute Gasteiger partial charge is 0.343 e. The van der Waals surface area contributed by atoms with Gasteiger partial charge in [0, 0.05) is 31.8 Å². The molecule has 156 valence electrons. The molecule has 4 nitrogen and oxygen atoms in total. The Bertz CT molecular complexity index is 1210. The number of carbonyl (C=O) groups excluding carboxylic acids is 1. The zero-order valence-electron chi connectivity index (χ0n) is 18.0. The molecule has 0 radical (unpaired) electrons. The van der Waals surface area contributed by atoms with Crippen molar-refractivity contribution < 1.29 is 14.3 Å². The van der Waals surface area contributed by atoms with Gasteiger partial charge in [0.25, 0.3) is 0 Å². The summed E-state index contributed by atoms with van der Waals surface area (Å²) >= 11 is 0. The first-order valence-electron chi connectivity index (χ1n) is 10.2. The van der Waals surface area contributed by atoms with E-state index >= 15 is 0 Å². The van der Waals surface area contributed by atoms with E-state index in [0.29, 0.717) is 23.5 Å². The molecule has 0 saturated heterocycles. The van der Waals surface area contributed by atoms with E-state index in [1.165, 1.54) is 5.56 Å². The summed E-state index contributed by atoms with van der Waals surface area (Å²) in [6, 6.07) is 27.3. The number of benzene rings is 4. The summed E-state index contributed by atoms with van der Waals surface area (Å²) in [5.41, 5.74) is 3.79. The maximum atomic E-state index is 12.9. The van der Waals surface area contributed by atoms with Crippen LogP contribution < -0.4 is 14.4 Å². The Labute approximate surface area is 182 Å². The molecule has 0 saturated carbocycles. The van der Waals surface area contributed by atoms with Crippen LogP contribution in [0.4, 0.5) is 5.69 Å². The molecule has 4 heteroatoms. The van der Waals surface area contributed by atoms with E-state index < -0.39 is 0 Å². The maximum absolute atomic E-state index is 12.9. The zero-order valence-corrected chi connectivity index (χ0v) is 18.0. The second kappa shape index (κ2) is 8.92. The van der Waals surface area contributed by atoms with E-state index in [-0.39, 0.29) is 5.97 Å². The van der Waals surface area contributed by atoms with Gasteiger partial charge in [-0.15, -0.1) is 0 Å². The highest BCUT2D eigenvalue weighted by Crippen LogP contribution is 2.33. The summed E-state index contributed by atoms with van der Waals surface area (Å²) in [5, 5.41) is 2.19. The summed E-state index contributed by atoms with van der Waals surface area (Å²) in [7, 11) is 5.67. The van der Waals surface area contributed by atoms with Crippen LogP contribution in [-0.2, 0) is 6.42 Å². The number of para-hydroxylation sites is 1. The average Bonchev–Trinajstić information content (AvgIpc) is 2.80.